The van der Waals surface area contributed by atoms with E-state index in [0.717, 1.165) is 42.7 Å². The summed E-state index contributed by atoms with van der Waals surface area (Å²) in [6.45, 7) is 6.83. The van der Waals surface area contributed by atoms with Gasteiger partial charge in [-0.1, -0.05) is 11.6 Å². The number of nitrogens with zero attached hydrogens (tertiary/aromatic N) is 4. The molecule has 0 saturated carbocycles. The Kier molecular flexibility index (Phi) is 5.26. The highest BCUT2D eigenvalue weighted by Gasteiger charge is 2.28. The third-order valence-corrected chi connectivity index (χ3v) is 5.59. The lowest BCUT2D eigenvalue weighted by Crippen LogP contribution is -2.43. The minimum Gasteiger partial charge on any atom is -0.423 e. The molecule has 1 N–H and O–H groups in total. The van der Waals surface area contributed by atoms with Gasteiger partial charge in [0.1, 0.15) is 5.52 Å². The quantitative estimate of drug-likeness (QED) is 0.707. The normalized spacial score (nSPS) is 17.2. The fourth-order valence-electron chi connectivity index (χ4n) is 3.69. The maximum atomic E-state index is 12.7. The van der Waals surface area contributed by atoms with Crippen molar-refractivity contribution in [1.29, 1.82) is 0 Å². The van der Waals surface area contributed by atoms with Gasteiger partial charge in [-0.3, -0.25) is 9.48 Å². The Balaban J connectivity index is 1.41. The maximum absolute atomic E-state index is 12.7. The smallest absolute Gasteiger partial charge is 0.298 e. The Morgan fingerprint density at radius 2 is 2.29 bits per heavy atom. The molecule has 4 rings (SSSR count). The van der Waals surface area contributed by atoms with E-state index in [1.54, 1.807) is 12.1 Å². The van der Waals surface area contributed by atoms with Gasteiger partial charge in [0.15, 0.2) is 5.58 Å². The third kappa shape index (κ3) is 3.71. The molecule has 1 aliphatic rings. The number of fused-ring (bicyclic) bond motifs is 1. The number of hydrogen-bond donors (Lipinski definition) is 1. The highest BCUT2D eigenvalue weighted by molar-refractivity contribution is 6.31. The van der Waals surface area contributed by atoms with Crippen molar-refractivity contribution in [2.45, 2.75) is 39.8 Å². The monoisotopic (exact) mass is 401 g/mol. The molecule has 3 aromatic rings. The molecule has 3 heterocycles. The second-order valence-corrected chi connectivity index (χ2v) is 7.62. The summed E-state index contributed by atoms with van der Waals surface area (Å²) in [4.78, 5) is 19.3. The predicted molar refractivity (Wildman–Crippen MR) is 108 cm³/mol. The summed E-state index contributed by atoms with van der Waals surface area (Å²) < 4.78 is 7.80. The first-order chi connectivity index (χ1) is 13.5. The van der Waals surface area contributed by atoms with Crippen LogP contribution in [0.15, 0.2) is 28.8 Å². The number of amides is 1. The first-order valence-corrected chi connectivity index (χ1v) is 10.0. The molecule has 2 aromatic heterocycles. The van der Waals surface area contributed by atoms with Gasteiger partial charge in [0.2, 0.25) is 5.91 Å². The third-order valence-electron chi connectivity index (χ3n) is 5.36. The van der Waals surface area contributed by atoms with Gasteiger partial charge >= 0.3 is 0 Å². The van der Waals surface area contributed by atoms with Gasteiger partial charge in [0.25, 0.3) is 6.01 Å². The van der Waals surface area contributed by atoms with E-state index in [9.17, 15) is 4.79 Å². The van der Waals surface area contributed by atoms with Crippen LogP contribution in [0.3, 0.4) is 0 Å². The number of carbonyl (C=O) groups excluding carboxylic acids is 1. The Morgan fingerprint density at radius 3 is 3.07 bits per heavy atom. The van der Waals surface area contributed by atoms with Gasteiger partial charge in [-0.15, -0.1) is 0 Å². The molecule has 0 aliphatic carbocycles. The fourth-order valence-corrected chi connectivity index (χ4v) is 3.86. The Morgan fingerprint density at radius 1 is 1.43 bits per heavy atom. The number of piperidine rings is 1. The number of halogens is 1. The molecule has 148 valence electrons. The number of aromatic nitrogens is 3. The number of carbonyl (C=O) groups is 1. The maximum Gasteiger partial charge on any atom is 0.298 e. The van der Waals surface area contributed by atoms with Crippen LogP contribution in [0, 0.1) is 12.8 Å². The van der Waals surface area contributed by atoms with Gasteiger partial charge in [-0.2, -0.15) is 10.1 Å². The van der Waals surface area contributed by atoms with Crippen molar-refractivity contribution in [2.24, 2.45) is 5.92 Å². The van der Waals surface area contributed by atoms with Crippen LogP contribution in [0.2, 0.25) is 5.02 Å². The van der Waals surface area contributed by atoms with Crippen LogP contribution in [0.5, 0.6) is 0 Å². The molecule has 1 unspecified atom stereocenters. The van der Waals surface area contributed by atoms with Crippen LogP contribution in [0.25, 0.3) is 11.1 Å². The molecule has 0 bridgehead atoms. The van der Waals surface area contributed by atoms with Crippen molar-refractivity contribution in [1.82, 2.24) is 20.1 Å². The average Bonchev–Trinajstić information content (AvgIpc) is 3.29. The van der Waals surface area contributed by atoms with Crippen LogP contribution in [0.4, 0.5) is 6.01 Å². The van der Waals surface area contributed by atoms with E-state index in [1.165, 1.54) is 0 Å². The van der Waals surface area contributed by atoms with E-state index in [2.05, 4.69) is 22.3 Å². The molecule has 0 radical (unpaired) electrons. The summed E-state index contributed by atoms with van der Waals surface area (Å²) in [7, 11) is 0. The van der Waals surface area contributed by atoms with Crippen LogP contribution in [-0.2, 0) is 17.9 Å². The van der Waals surface area contributed by atoms with Crippen molar-refractivity contribution in [2.75, 3.05) is 18.0 Å². The van der Waals surface area contributed by atoms with Gasteiger partial charge in [-0.05, 0) is 44.9 Å². The second-order valence-electron chi connectivity index (χ2n) is 7.18. The van der Waals surface area contributed by atoms with E-state index in [1.807, 2.05) is 28.8 Å². The van der Waals surface area contributed by atoms with Crippen molar-refractivity contribution in [3.63, 3.8) is 0 Å². The topological polar surface area (TPSA) is 76.2 Å². The van der Waals surface area contributed by atoms with E-state index < -0.39 is 0 Å². The number of rotatable bonds is 5. The number of oxazole rings is 1. The first-order valence-electron chi connectivity index (χ1n) is 9.65. The van der Waals surface area contributed by atoms with E-state index in [-0.39, 0.29) is 11.8 Å². The van der Waals surface area contributed by atoms with Crippen molar-refractivity contribution < 1.29 is 9.21 Å². The molecule has 28 heavy (non-hydrogen) atoms. The van der Waals surface area contributed by atoms with Crippen LogP contribution in [0.1, 0.15) is 31.0 Å². The highest BCUT2D eigenvalue weighted by atomic mass is 35.5. The number of anilines is 1. The molecule has 0 spiro atoms. The molecule has 1 aliphatic heterocycles. The Hall–Kier alpha value is -2.54. The predicted octanol–water partition coefficient (Wildman–Crippen LogP) is 3.54. The van der Waals surface area contributed by atoms with E-state index in [0.29, 0.717) is 29.7 Å². The Bertz CT molecular complexity index is 996. The van der Waals surface area contributed by atoms with Crippen LogP contribution >= 0.6 is 11.6 Å². The lowest BCUT2D eigenvalue weighted by molar-refractivity contribution is -0.125. The van der Waals surface area contributed by atoms with Gasteiger partial charge in [0, 0.05) is 42.5 Å². The first kappa shape index (κ1) is 18.8. The fraction of sp³-hybridized carbons (Fsp3) is 0.450. The zero-order chi connectivity index (χ0) is 19.7. The highest BCUT2D eigenvalue weighted by Crippen LogP contribution is 2.28. The molecular weight excluding hydrogens is 378 g/mol. The van der Waals surface area contributed by atoms with E-state index in [4.69, 9.17) is 16.0 Å². The Labute approximate surface area is 168 Å². The van der Waals surface area contributed by atoms with Gasteiger partial charge in [-0.25, -0.2) is 0 Å². The van der Waals surface area contributed by atoms with Crippen LogP contribution < -0.4 is 10.2 Å². The average molecular weight is 402 g/mol. The number of hydrogen-bond acceptors (Lipinski definition) is 5. The molecule has 8 heteroatoms. The minimum atomic E-state index is -0.0890. The van der Waals surface area contributed by atoms with Crippen molar-refractivity contribution in [3.05, 3.63) is 40.7 Å². The van der Waals surface area contributed by atoms with Crippen LogP contribution in [-0.4, -0.2) is 33.8 Å². The number of aryl methyl sites for hydroxylation is 1. The van der Waals surface area contributed by atoms with Crippen molar-refractivity contribution in [3.8, 4) is 0 Å². The summed E-state index contributed by atoms with van der Waals surface area (Å²) in [5, 5.41) is 8.03. The summed E-state index contributed by atoms with van der Waals surface area (Å²) in [6, 6.07) is 5.95. The molecule has 1 saturated heterocycles. The summed E-state index contributed by atoms with van der Waals surface area (Å²) in [5.41, 5.74) is 3.59. The summed E-state index contributed by atoms with van der Waals surface area (Å²) >= 11 is 6.03. The second kappa shape index (κ2) is 7.83. The molecular formula is C20H24ClN5O2. The van der Waals surface area contributed by atoms with Crippen molar-refractivity contribution >= 4 is 34.6 Å². The molecule has 1 amide bonds. The summed E-state index contributed by atoms with van der Waals surface area (Å²) in [5.74, 6) is -0.0265. The standard InChI is InChI=1S/C20H24ClN5O2/c1-3-26-13(2)15(11-23-26)10-22-19(27)14-5-4-8-25(12-14)20-24-17-9-16(21)6-7-18(17)28-20/h6-7,9,11,14H,3-5,8,10,12H2,1-2H3,(H,22,27). The number of nitrogens with one attached hydrogen (secondary N) is 1. The number of benzene rings is 1. The van der Waals surface area contributed by atoms with Gasteiger partial charge < -0.3 is 14.6 Å². The molecule has 1 fully saturated rings. The van der Waals surface area contributed by atoms with Gasteiger partial charge in [0.05, 0.1) is 12.1 Å². The lowest BCUT2D eigenvalue weighted by atomic mass is 9.97. The summed E-state index contributed by atoms with van der Waals surface area (Å²) in [6.07, 6.45) is 3.61. The zero-order valence-electron chi connectivity index (χ0n) is 16.1. The molecule has 7 nitrogen and oxygen atoms in total. The molecule has 1 aromatic carbocycles. The zero-order valence-corrected chi connectivity index (χ0v) is 16.9. The largest absolute Gasteiger partial charge is 0.423 e. The SMILES string of the molecule is CCn1ncc(CNC(=O)C2CCCN(c3nc4cc(Cl)ccc4o3)C2)c1C. The molecule has 1 atom stereocenters. The van der Waals surface area contributed by atoms with E-state index >= 15 is 0 Å². The minimum absolute atomic E-state index is 0.0625. The lowest BCUT2D eigenvalue weighted by Gasteiger charge is -2.30.